The lowest BCUT2D eigenvalue weighted by atomic mass is 9.98. The Hall–Kier alpha value is -2.09. The summed E-state index contributed by atoms with van der Waals surface area (Å²) in [6.45, 7) is 0.367. The average Bonchev–Trinajstić information content (AvgIpc) is 3.52. The predicted octanol–water partition coefficient (Wildman–Crippen LogP) is 3.19. The van der Waals surface area contributed by atoms with Gasteiger partial charge in [0.15, 0.2) is 4.87 Å². The van der Waals surface area contributed by atoms with Gasteiger partial charge in [0.2, 0.25) is 9.84 Å². The molecule has 29 heavy (non-hydrogen) atoms. The number of rotatable bonds is 5. The molecule has 0 saturated heterocycles. The third-order valence-electron chi connectivity index (χ3n) is 5.00. The van der Waals surface area contributed by atoms with Crippen molar-refractivity contribution in [3.63, 3.8) is 0 Å². The normalized spacial score (nSPS) is 23.8. The van der Waals surface area contributed by atoms with E-state index in [1.165, 1.54) is 18.2 Å². The number of benzene rings is 1. The van der Waals surface area contributed by atoms with Crippen molar-refractivity contribution >= 4 is 45.2 Å². The van der Waals surface area contributed by atoms with E-state index in [0.29, 0.717) is 18.5 Å². The molecule has 1 atom stereocenters. The number of sulfone groups is 1. The van der Waals surface area contributed by atoms with E-state index in [4.69, 9.17) is 23.2 Å². The van der Waals surface area contributed by atoms with Crippen molar-refractivity contribution in [2.75, 3.05) is 6.54 Å². The number of hydrogen-bond donors (Lipinski definition) is 2. The molecule has 0 spiro atoms. The first-order valence-corrected chi connectivity index (χ1v) is 11.4. The third kappa shape index (κ3) is 3.86. The van der Waals surface area contributed by atoms with Gasteiger partial charge in [0.05, 0.1) is 11.4 Å². The highest BCUT2D eigenvalue weighted by atomic mass is 35.5. The number of carbonyl (C=O) groups is 1. The number of nitrogens with zero attached hydrogens (tertiary/aromatic N) is 1. The highest BCUT2D eigenvalue weighted by Gasteiger charge is 2.48. The van der Waals surface area contributed by atoms with Gasteiger partial charge in [0.25, 0.3) is 5.91 Å². The number of hydrogen-bond acceptors (Lipinski definition) is 5. The molecule has 1 fully saturated rings. The molecule has 1 aliphatic carbocycles. The Morgan fingerprint density at radius 3 is 2.55 bits per heavy atom. The van der Waals surface area contributed by atoms with Gasteiger partial charge in [-0.3, -0.25) is 9.79 Å². The molecule has 1 amide bonds. The van der Waals surface area contributed by atoms with Crippen LogP contribution in [0.2, 0.25) is 10.0 Å². The fraction of sp³-hybridized carbons (Fsp3) is 0.300. The summed E-state index contributed by atoms with van der Waals surface area (Å²) in [4.78, 5) is 15.1. The molecule has 0 unspecified atom stereocenters. The maximum atomic E-state index is 13.8. The third-order valence-corrected chi connectivity index (χ3v) is 7.64. The van der Waals surface area contributed by atoms with Gasteiger partial charge in [-0.05, 0) is 48.8 Å². The van der Waals surface area contributed by atoms with Crippen LogP contribution in [0.1, 0.15) is 19.3 Å². The van der Waals surface area contributed by atoms with Crippen molar-refractivity contribution in [1.82, 2.24) is 10.6 Å². The number of halogens is 2. The van der Waals surface area contributed by atoms with Crippen molar-refractivity contribution in [2.24, 2.45) is 4.99 Å². The van der Waals surface area contributed by atoms with Crippen LogP contribution >= 0.6 is 23.2 Å². The smallest absolute Gasteiger partial charge is 0.267 e. The van der Waals surface area contributed by atoms with Crippen LogP contribution in [-0.4, -0.2) is 38.0 Å². The van der Waals surface area contributed by atoms with Gasteiger partial charge in [0, 0.05) is 28.7 Å². The summed E-state index contributed by atoms with van der Waals surface area (Å²) in [5, 5.41) is 6.32. The Bertz CT molecular complexity index is 1070. The van der Waals surface area contributed by atoms with Crippen LogP contribution in [0, 0.1) is 0 Å². The number of carbonyl (C=O) groups excluding carboxylic acids is 1. The summed E-state index contributed by atoms with van der Waals surface area (Å²) in [6.07, 6.45) is 10.4. The summed E-state index contributed by atoms with van der Waals surface area (Å²) in [7, 11) is -4.07. The molecule has 3 aliphatic rings. The van der Waals surface area contributed by atoms with Gasteiger partial charge < -0.3 is 10.6 Å². The number of dihydropyridines is 2. The first-order chi connectivity index (χ1) is 13.8. The van der Waals surface area contributed by atoms with Crippen LogP contribution in [0.25, 0.3) is 0 Å². The molecular weight excluding hydrogens is 433 g/mol. The molecular formula is C20H19Cl2N3O3S. The van der Waals surface area contributed by atoms with Crippen molar-refractivity contribution < 1.29 is 13.2 Å². The van der Waals surface area contributed by atoms with E-state index in [1.54, 1.807) is 30.5 Å². The van der Waals surface area contributed by atoms with Crippen molar-refractivity contribution in [2.45, 2.75) is 35.1 Å². The Morgan fingerprint density at radius 1 is 1.21 bits per heavy atom. The molecule has 0 aromatic heterocycles. The van der Waals surface area contributed by atoms with E-state index in [-0.39, 0.29) is 32.6 Å². The standard InChI is InChI=1S/C20H19Cl2N3O3S/c21-14-10-15(22)12-17(11-14)29(27,28)20(13-5-8-23-9-6-13)7-1-2-18(25-20)19(26)24-16-3-4-16/h1-2,5,7,9-12,16,25H,3-4,6,8H2,(H,24,26)/t20-/m1/s1. The molecule has 9 heteroatoms. The van der Waals surface area contributed by atoms with Gasteiger partial charge in [-0.2, -0.15) is 0 Å². The molecule has 1 saturated carbocycles. The van der Waals surface area contributed by atoms with Gasteiger partial charge in [-0.15, -0.1) is 0 Å². The highest BCUT2D eigenvalue weighted by molar-refractivity contribution is 7.93. The van der Waals surface area contributed by atoms with Crippen LogP contribution in [0.5, 0.6) is 0 Å². The second kappa shape index (κ2) is 7.63. The quantitative estimate of drug-likeness (QED) is 0.672. The maximum absolute atomic E-state index is 13.8. The monoisotopic (exact) mass is 451 g/mol. The topological polar surface area (TPSA) is 87.6 Å². The number of nitrogens with one attached hydrogen (secondary N) is 2. The Morgan fingerprint density at radius 2 is 1.93 bits per heavy atom. The summed E-state index contributed by atoms with van der Waals surface area (Å²) in [5.74, 6) is -0.328. The lowest BCUT2D eigenvalue weighted by Crippen LogP contribution is -2.55. The zero-order valence-electron chi connectivity index (χ0n) is 15.4. The maximum Gasteiger partial charge on any atom is 0.267 e. The molecule has 152 valence electrons. The minimum Gasteiger partial charge on any atom is -0.355 e. The molecule has 0 bridgehead atoms. The molecule has 1 aromatic carbocycles. The Labute approximate surface area is 179 Å². The Kier molecular flexibility index (Phi) is 5.31. The summed E-state index contributed by atoms with van der Waals surface area (Å²) >= 11 is 12.1. The summed E-state index contributed by atoms with van der Waals surface area (Å²) in [5.41, 5.74) is 0.782. The van der Waals surface area contributed by atoms with Crippen LogP contribution in [0.4, 0.5) is 0 Å². The van der Waals surface area contributed by atoms with Crippen LogP contribution in [0.3, 0.4) is 0 Å². The fourth-order valence-electron chi connectivity index (χ4n) is 3.36. The zero-order chi connectivity index (χ0) is 20.6. The lowest BCUT2D eigenvalue weighted by molar-refractivity contribution is -0.118. The SMILES string of the molecule is O=C(NC1CC1)C1=CC=C[C@](C2=CCN=CC2)(S(=O)(=O)c2cc(Cl)cc(Cl)c2)N1. The fourth-order valence-corrected chi connectivity index (χ4v) is 5.96. The number of allylic oxidation sites excluding steroid dienone is 2. The largest absolute Gasteiger partial charge is 0.355 e. The van der Waals surface area contributed by atoms with Crippen molar-refractivity contribution in [1.29, 1.82) is 0 Å². The first kappa shape index (κ1) is 20.2. The van der Waals surface area contributed by atoms with E-state index in [9.17, 15) is 13.2 Å². The van der Waals surface area contributed by atoms with Gasteiger partial charge in [-0.25, -0.2) is 8.42 Å². The van der Waals surface area contributed by atoms with Gasteiger partial charge in [0.1, 0.15) is 5.70 Å². The second-order valence-electron chi connectivity index (χ2n) is 7.14. The molecule has 4 rings (SSSR count). The van der Waals surface area contributed by atoms with E-state index >= 15 is 0 Å². The zero-order valence-corrected chi connectivity index (χ0v) is 17.7. The van der Waals surface area contributed by atoms with Crippen LogP contribution in [-0.2, 0) is 14.6 Å². The molecule has 6 nitrogen and oxygen atoms in total. The van der Waals surface area contributed by atoms with E-state index in [1.807, 2.05) is 0 Å². The molecule has 1 aromatic rings. The minimum absolute atomic E-state index is 0.0283. The van der Waals surface area contributed by atoms with Gasteiger partial charge in [-0.1, -0.05) is 35.4 Å². The Balaban J connectivity index is 1.80. The second-order valence-corrected chi connectivity index (χ2v) is 10.1. The molecule has 2 N–H and O–H groups in total. The summed E-state index contributed by atoms with van der Waals surface area (Å²) < 4.78 is 27.7. The molecule has 0 radical (unpaired) electrons. The van der Waals surface area contributed by atoms with Crippen LogP contribution < -0.4 is 10.6 Å². The summed E-state index contributed by atoms with van der Waals surface area (Å²) in [6, 6.07) is 4.34. The van der Waals surface area contributed by atoms with Crippen LogP contribution in [0.15, 0.2) is 63.7 Å². The molecule has 2 heterocycles. The van der Waals surface area contributed by atoms with Crippen molar-refractivity contribution in [3.8, 4) is 0 Å². The van der Waals surface area contributed by atoms with E-state index in [0.717, 1.165) is 12.8 Å². The van der Waals surface area contributed by atoms with Gasteiger partial charge >= 0.3 is 0 Å². The van der Waals surface area contributed by atoms with E-state index < -0.39 is 14.7 Å². The molecule has 2 aliphatic heterocycles. The average molecular weight is 452 g/mol. The van der Waals surface area contributed by atoms with E-state index in [2.05, 4.69) is 15.6 Å². The minimum atomic E-state index is -4.07. The number of amides is 1. The highest BCUT2D eigenvalue weighted by Crippen LogP contribution is 2.38. The number of aliphatic imine (C=N–C) groups is 1. The first-order valence-electron chi connectivity index (χ1n) is 9.19. The van der Waals surface area contributed by atoms with Crippen molar-refractivity contribution in [3.05, 3.63) is 63.8 Å². The lowest BCUT2D eigenvalue weighted by Gasteiger charge is -2.37. The predicted molar refractivity (Wildman–Crippen MR) is 114 cm³/mol.